The fourth-order valence-corrected chi connectivity index (χ4v) is 4.07. The van der Waals surface area contributed by atoms with E-state index in [4.69, 9.17) is 14.2 Å². The molecule has 8 nitrogen and oxygen atoms in total. The highest BCUT2D eigenvalue weighted by molar-refractivity contribution is 7.07. The SMILES string of the molecule is COc1cc(-c2cnc3cc(OCc4cscn4)ccn23)cc(OC(F)F)c1C(=O)NC1CC1. The van der Waals surface area contributed by atoms with Gasteiger partial charge in [0, 0.05) is 29.2 Å². The Morgan fingerprint density at radius 1 is 1.26 bits per heavy atom. The number of alkyl halides is 2. The largest absolute Gasteiger partial charge is 0.496 e. The third kappa shape index (κ3) is 4.65. The van der Waals surface area contributed by atoms with Gasteiger partial charge in [-0.3, -0.25) is 9.20 Å². The number of fused-ring (bicyclic) bond motifs is 1. The molecule has 0 radical (unpaired) electrons. The van der Waals surface area contributed by atoms with Crippen LogP contribution in [0.4, 0.5) is 8.78 Å². The molecule has 0 unspecified atom stereocenters. The van der Waals surface area contributed by atoms with Crippen LogP contribution in [0.2, 0.25) is 0 Å². The number of carbonyl (C=O) groups excluding carboxylic acids is 1. The molecule has 1 aliphatic carbocycles. The van der Waals surface area contributed by atoms with Crippen molar-refractivity contribution in [1.29, 1.82) is 0 Å². The van der Waals surface area contributed by atoms with Crippen LogP contribution in [-0.2, 0) is 6.61 Å². The molecular formula is C23H20F2N4O4S. The lowest BCUT2D eigenvalue weighted by Crippen LogP contribution is -2.26. The summed E-state index contributed by atoms with van der Waals surface area (Å²) in [6.07, 6.45) is 5.08. The van der Waals surface area contributed by atoms with Crippen LogP contribution in [0.5, 0.6) is 17.2 Å². The van der Waals surface area contributed by atoms with Gasteiger partial charge in [0.15, 0.2) is 0 Å². The van der Waals surface area contributed by atoms with Crippen molar-refractivity contribution < 1.29 is 27.8 Å². The van der Waals surface area contributed by atoms with Crippen LogP contribution in [0.3, 0.4) is 0 Å². The standard InChI is InChI=1S/C23H20F2N4O4S/c1-31-18-6-13(7-19(33-23(24)25)21(18)22(30)28-14-2-3-14)17-9-26-20-8-16(4-5-29(17)20)32-10-15-11-34-12-27-15/h4-9,11-12,14,23H,2-3,10H2,1H3,(H,28,30). The van der Waals surface area contributed by atoms with E-state index < -0.39 is 12.5 Å². The number of nitrogens with zero attached hydrogens (tertiary/aromatic N) is 3. The first-order valence-corrected chi connectivity index (χ1v) is 11.4. The number of hydrogen-bond donors (Lipinski definition) is 1. The van der Waals surface area contributed by atoms with Crippen molar-refractivity contribution in [2.45, 2.75) is 32.1 Å². The molecule has 1 amide bonds. The van der Waals surface area contributed by atoms with Crippen molar-refractivity contribution in [3.8, 4) is 28.5 Å². The van der Waals surface area contributed by atoms with Gasteiger partial charge in [-0.25, -0.2) is 9.97 Å². The highest BCUT2D eigenvalue weighted by atomic mass is 32.1. The number of imidazole rings is 1. The van der Waals surface area contributed by atoms with Gasteiger partial charge in [0.2, 0.25) is 0 Å². The van der Waals surface area contributed by atoms with Crippen molar-refractivity contribution in [2.24, 2.45) is 0 Å². The summed E-state index contributed by atoms with van der Waals surface area (Å²) < 4.78 is 44.0. The number of amides is 1. The van der Waals surface area contributed by atoms with Gasteiger partial charge in [0.25, 0.3) is 5.91 Å². The summed E-state index contributed by atoms with van der Waals surface area (Å²) in [5.41, 5.74) is 4.20. The van der Waals surface area contributed by atoms with Gasteiger partial charge < -0.3 is 19.5 Å². The van der Waals surface area contributed by atoms with E-state index in [0.717, 1.165) is 18.5 Å². The molecule has 0 atom stereocenters. The molecule has 1 N–H and O–H groups in total. The monoisotopic (exact) mass is 486 g/mol. The van der Waals surface area contributed by atoms with E-state index >= 15 is 0 Å². The Labute approximate surface area is 197 Å². The summed E-state index contributed by atoms with van der Waals surface area (Å²) in [5.74, 6) is -0.0317. The summed E-state index contributed by atoms with van der Waals surface area (Å²) in [6.45, 7) is -2.77. The van der Waals surface area contributed by atoms with E-state index in [9.17, 15) is 13.6 Å². The van der Waals surface area contributed by atoms with E-state index in [-0.39, 0.29) is 23.1 Å². The van der Waals surface area contributed by atoms with Crippen molar-refractivity contribution in [3.63, 3.8) is 0 Å². The molecule has 0 aliphatic heterocycles. The fraction of sp³-hybridized carbons (Fsp3) is 0.261. The van der Waals surface area contributed by atoms with Crippen LogP contribution in [0.25, 0.3) is 16.9 Å². The molecule has 4 aromatic rings. The third-order valence-corrected chi connectivity index (χ3v) is 5.93. The normalized spacial score (nSPS) is 13.3. The number of rotatable bonds is 9. The topological polar surface area (TPSA) is 87.0 Å². The quantitative estimate of drug-likeness (QED) is 0.374. The van der Waals surface area contributed by atoms with Gasteiger partial charge in [-0.1, -0.05) is 0 Å². The zero-order chi connectivity index (χ0) is 23.7. The first kappa shape index (κ1) is 22.1. The first-order valence-electron chi connectivity index (χ1n) is 10.5. The third-order valence-electron chi connectivity index (χ3n) is 5.29. The van der Waals surface area contributed by atoms with E-state index in [1.54, 1.807) is 40.5 Å². The Morgan fingerprint density at radius 3 is 2.79 bits per heavy atom. The van der Waals surface area contributed by atoms with Crippen LogP contribution >= 0.6 is 11.3 Å². The van der Waals surface area contributed by atoms with E-state index in [0.29, 0.717) is 29.3 Å². The van der Waals surface area contributed by atoms with Crippen LogP contribution < -0.4 is 19.5 Å². The molecule has 34 heavy (non-hydrogen) atoms. The second kappa shape index (κ2) is 9.26. The Hall–Kier alpha value is -3.73. The van der Waals surface area contributed by atoms with E-state index in [2.05, 4.69) is 15.3 Å². The summed E-state index contributed by atoms with van der Waals surface area (Å²) in [4.78, 5) is 21.3. The number of benzene rings is 1. The van der Waals surface area contributed by atoms with Crippen LogP contribution in [-0.4, -0.2) is 40.0 Å². The summed E-state index contributed by atoms with van der Waals surface area (Å²) in [6, 6.07) is 6.58. The van der Waals surface area contributed by atoms with E-state index in [1.165, 1.54) is 24.5 Å². The number of thiazole rings is 1. The Morgan fingerprint density at radius 2 is 2.09 bits per heavy atom. The number of halogens is 2. The molecule has 3 heterocycles. The average molecular weight is 487 g/mol. The smallest absolute Gasteiger partial charge is 0.387 e. The number of pyridine rings is 1. The molecule has 0 saturated heterocycles. The van der Waals surface area contributed by atoms with Crippen LogP contribution in [0.1, 0.15) is 28.9 Å². The lowest BCUT2D eigenvalue weighted by atomic mass is 10.1. The average Bonchev–Trinajstić information content (AvgIpc) is 3.30. The fourth-order valence-electron chi connectivity index (χ4n) is 3.53. The number of aromatic nitrogens is 3. The van der Waals surface area contributed by atoms with Crippen molar-refractivity contribution >= 4 is 22.9 Å². The number of ether oxygens (including phenoxy) is 3. The zero-order valence-corrected chi connectivity index (χ0v) is 18.9. The van der Waals surface area contributed by atoms with Crippen molar-refractivity contribution in [2.75, 3.05) is 7.11 Å². The number of methoxy groups -OCH3 is 1. The predicted octanol–water partition coefficient (Wildman–Crippen LogP) is 4.54. The van der Waals surface area contributed by atoms with Gasteiger partial charge >= 0.3 is 6.61 Å². The second-order valence-corrected chi connectivity index (χ2v) is 8.40. The minimum atomic E-state index is -3.10. The summed E-state index contributed by atoms with van der Waals surface area (Å²) >= 11 is 1.49. The molecule has 0 bridgehead atoms. The predicted molar refractivity (Wildman–Crippen MR) is 121 cm³/mol. The van der Waals surface area contributed by atoms with Gasteiger partial charge in [-0.05, 0) is 31.0 Å². The Kier molecular flexibility index (Phi) is 6.01. The lowest BCUT2D eigenvalue weighted by Gasteiger charge is -2.16. The molecule has 11 heteroatoms. The number of nitrogens with one attached hydrogen (secondary N) is 1. The Bertz CT molecular complexity index is 1320. The maximum Gasteiger partial charge on any atom is 0.387 e. The molecule has 5 rings (SSSR count). The lowest BCUT2D eigenvalue weighted by molar-refractivity contribution is -0.0502. The highest BCUT2D eigenvalue weighted by Crippen LogP contribution is 2.37. The summed E-state index contributed by atoms with van der Waals surface area (Å²) in [5, 5.41) is 4.70. The zero-order valence-electron chi connectivity index (χ0n) is 18.0. The molecule has 1 aliphatic rings. The van der Waals surface area contributed by atoms with Gasteiger partial charge in [-0.15, -0.1) is 11.3 Å². The molecular weight excluding hydrogens is 466 g/mol. The van der Waals surface area contributed by atoms with Crippen molar-refractivity contribution in [3.05, 3.63) is 58.8 Å². The maximum atomic E-state index is 13.2. The molecule has 0 spiro atoms. The van der Waals surface area contributed by atoms with Crippen molar-refractivity contribution in [1.82, 2.24) is 19.7 Å². The highest BCUT2D eigenvalue weighted by Gasteiger charge is 2.29. The van der Waals surface area contributed by atoms with Gasteiger partial charge in [-0.2, -0.15) is 8.78 Å². The minimum Gasteiger partial charge on any atom is -0.496 e. The maximum absolute atomic E-state index is 13.2. The number of hydrogen-bond acceptors (Lipinski definition) is 7. The molecule has 1 fully saturated rings. The van der Waals surface area contributed by atoms with Crippen LogP contribution in [0.15, 0.2) is 47.5 Å². The minimum absolute atomic E-state index is 0.0435. The number of carbonyl (C=O) groups is 1. The van der Waals surface area contributed by atoms with Gasteiger partial charge in [0.05, 0.1) is 30.2 Å². The summed E-state index contributed by atoms with van der Waals surface area (Å²) in [7, 11) is 1.37. The first-order chi connectivity index (χ1) is 16.5. The molecule has 1 aromatic carbocycles. The molecule has 3 aromatic heterocycles. The Balaban J connectivity index is 1.49. The van der Waals surface area contributed by atoms with Gasteiger partial charge in [0.1, 0.15) is 35.1 Å². The van der Waals surface area contributed by atoms with E-state index in [1.807, 2.05) is 5.38 Å². The molecule has 176 valence electrons. The molecule has 1 saturated carbocycles. The van der Waals surface area contributed by atoms with Crippen LogP contribution in [0, 0.1) is 0 Å². The second-order valence-electron chi connectivity index (χ2n) is 7.68.